The zero-order valence-corrected chi connectivity index (χ0v) is 11.1. The summed E-state index contributed by atoms with van der Waals surface area (Å²) in [6.07, 6.45) is -13.1. The third-order valence-corrected chi connectivity index (χ3v) is 3.69. The topological polar surface area (TPSA) is 40.5 Å². The zero-order chi connectivity index (χ0) is 16.1. The van der Waals surface area contributed by atoms with Gasteiger partial charge < -0.3 is 10.2 Å². The summed E-state index contributed by atoms with van der Waals surface area (Å²) in [5.41, 5.74) is -6.05. The van der Waals surface area contributed by atoms with Crippen LogP contribution in [0.3, 0.4) is 0 Å². The van der Waals surface area contributed by atoms with E-state index in [1.54, 1.807) is 0 Å². The molecule has 2 nitrogen and oxygen atoms in total. The molecule has 0 spiro atoms. The van der Waals surface area contributed by atoms with Crippen molar-refractivity contribution in [2.24, 2.45) is 11.3 Å². The van der Waals surface area contributed by atoms with Crippen LogP contribution in [0.1, 0.15) is 27.2 Å². The van der Waals surface area contributed by atoms with E-state index in [1.807, 2.05) is 0 Å². The first-order valence-electron chi connectivity index (χ1n) is 5.86. The molecule has 1 aliphatic rings. The standard InChI is InChI=1S/C12H16F6O2/c1-6-4-7(19)8(9(2,3)5-6)10(20,11(13,14)15)12(16,17)18/h4,7-8,19-20H,5H2,1-3H3/t7-,8-/m1/s1. The number of alkyl halides is 6. The van der Waals surface area contributed by atoms with Gasteiger partial charge in [0.05, 0.1) is 6.10 Å². The molecule has 1 aliphatic carbocycles. The maximum atomic E-state index is 12.9. The van der Waals surface area contributed by atoms with Crippen LogP contribution in [0.2, 0.25) is 0 Å². The summed E-state index contributed by atoms with van der Waals surface area (Å²) in [6, 6.07) is 0. The Balaban J connectivity index is 3.50. The number of hydrogen-bond acceptors (Lipinski definition) is 2. The highest BCUT2D eigenvalue weighted by atomic mass is 19.4. The lowest BCUT2D eigenvalue weighted by Crippen LogP contribution is -2.67. The first-order valence-corrected chi connectivity index (χ1v) is 5.86. The second-order valence-electron chi connectivity index (χ2n) is 5.91. The molecule has 0 saturated carbocycles. The number of aliphatic hydroxyl groups excluding tert-OH is 1. The summed E-state index contributed by atoms with van der Waals surface area (Å²) in [6.45, 7) is 3.83. The van der Waals surface area contributed by atoms with Gasteiger partial charge in [-0.2, -0.15) is 26.3 Å². The molecule has 0 bridgehead atoms. The predicted molar refractivity (Wildman–Crippen MR) is 58.7 cm³/mol. The van der Waals surface area contributed by atoms with Gasteiger partial charge in [0.25, 0.3) is 5.60 Å². The van der Waals surface area contributed by atoms with Crippen molar-refractivity contribution in [1.29, 1.82) is 0 Å². The molecule has 0 aliphatic heterocycles. The summed E-state index contributed by atoms with van der Waals surface area (Å²) in [4.78, 5) is 0. The van der Waals surface area contributed by atoms with Crippen molar-refractivity contribution in [1.82, 2.24) is 0 Å². The normalized spacial score (nSPS) is 28.2. The number of halogens is 6. The molecule has 8 heteroatoms. The fraction of sp³-hybridized carbons (Fsp3) is 0.833. The molecule has 2 atom stereocenters. The maximum Gasteiger partial charge on any atom is 0.426 e. The van der Waals surface area contributed by atoms with Crippen molar-refractivity contribution in [2.75, 3.05) is 0 Å². The minimum atomic E-state index is -5.94. The highest BCUT2D eigenvalue weighted by molar-refractivity contribution is 5.19. The Labute approximate surface area is 112 Å². The monoisotopic (exact) mass is 306 g/mol. The average molecular weight is 306 g/mol. The van der Waals surface area contributed by atoms with Gasteiger partial charge in [-0.3, -0.25) is 0 Å². The van der Waals surface area contributed by atoms with E-state index in [1.165, 1.54) is 20.8 Å². The molecular formula is C12H16F6O2. The first kappa shape index (κ1) is 17.3. The Morgan fingerprint density at radius 3 is 1.80 bits per heavy atom. The Hall–Kier alpha value is -0.760. The molecule has 0 heterocycles. The zero-order valence-electron chi connectivity index (χ0n) is 11.1. The molecule has 118 valence electrons. The molecule has 0 saturated heterocycles. The Morgan fingerprint density at radius 1 is 1.10 bits per heavy atom. The lowest BCUT2D eigenvalue weighted by Gasteiger charge is -2.49. The number of aliphatic hydroxyl groups is 2. The quantitative estimate of drug-likeness (QED) is 0.577. The van der Waals surface area contributed by atoms with Gasteiger partial charge in [-0.05, 0) is 18.8 Å². The minimum Gasteiger partial charge on any atom is -0.389 e. The average Bonchev–Trinajstić information content (AvgIpc) is 2.09. The van der Waals surface area contributed by atoms with Crippen LogP contribution in [0.4, 0.5) is 26.3 Å². The van der Waals surface area contributed by atoms with E-state index in [9.17, 15) is 36.6 Å². The van der Waals surface area contributed by atoms with Gasteiger partial charge in [0, 0.05) is 5.92 Å². The van der Waals surface area contributed by atoms with Crippen LogP contribution < -0.4 is 0 Å². The Kier molecular flexibility index (Phi) is 4.00. The Morgan fingerprint density at radius 2 is 1.50 bits per heavy atom. The molecule has 1 rings (SSSR count). The summed E-state index contributed by atoms with van der Waals surface area (Å²) < 4.78 is 77.4. The second-order valence-corrected chi connectivity index (χ2v) is 5.91. The molecule has 0 aromatic rings. The largest absolute Gasteiger partial charge is 0.426 e. The summed E-state index contributed by atoms with van der Waals surface area (Å²) in [5, 5.41) is 19.2. The highest BCUT2D eigenvalue weighted by Crippen LogP contribution is 2.56. The van der Waals surface area contributed by atoms with Gasteiger partial charge in [0.1, 0.15) is 0 Å². The molecule has 2 N–H and O–H groups in total. The predicted octanol–water partition coefficient (Wildman–Crippen LogP) is 3.20. The van der Waals surface area contributed by atoms with Crippen LogP contribution in [0, 0.1) is 11.3 Å². The van der Waals surface area contributed by atoms with Crippen molar-refractivity contribution >= 4 is 0 Å². The van der Waals surface area contributed by atoms with Gasteiger partial charge in [0.2, 0.25) is 0 Å². The summed E-state index contributed by atoms with van der Waals surface area (Å²) in [5.74, 6) is -2.43. The molecule has 20 heavy (non-hydrogen) atoms. The van der Waals surface area contributed by atoms with Crippen molar-refractivity contribution in [2.45, 2.75) is 51.2 Å². The van der Waals surface area contributed by atoms with Crippen molar-refractivity contribution in [3.63, 3.8) is 0 Å². The molecule has 0 aromatic carbocycles. The van der Waals surface area contributed by atoms with E-state index < -0.39 is 35.4 Å². The van der Waals surface area contributed by atoms with E-state index >= 15 is 0 Å². The van der Waals surface area contributed by atoms with Crippen molar-refractivity contribution < 1.29 is 36.6 Å². The lowest BCUT2D eigenvalue weighted by molar-refractivity contribution is -0.399. The third-order valence-electron chi connectivity index (χ3n) is 3.69. The van der Waals surface area contributed by atoms with Gasteiger partial charge in [0.15, 0.2) is 0 Å². The van der Waals surface area contributed by atoms with Gasteiger partial charge >= 0.3 is 12.4 Å². The number of rotatable bonds is 1. The van der Waals surface area contributed by atoms with Crippen LogP contribution in [0.25, 0.3) is 0 Å². The van der Waals surface area contributed by atoms with Crippen molar-refractivity contribution in [3.05, 3.63) is 11.6 Å². The van der Waals surface area contributed by atoms with E-state index in [-0.39, 0.29) is 6.42 Å². The van der Waals surface area contributed by atoms with Gasteiger partial charge in [-0.15, -0.1) is 0 Å². The van der Waals surface area contributed by atoms with Gasteiger partial charge in [-0.1, -0.05) is 25.5 Å². The summed E-state index contributed by atoms with van der Waals surface area (Å²) >= 11 is 0. The van der Waals surface area contributed by atoms with Gasteiger partial charge in [-0.25, -0.2) is 0 Å². The van der Waals surface area contributed by atoms with Crippen LogP contribution >= 0.6 is 0 Å². The highest BCUT2D eigenvalue weighted by Gasteiger charge is 2.76. The SMILES string of the molecule is CC1=C[C@@H](O)[C@@H](C(O)(C(F)(F)F)C(F)(F)F)C(C)(C)C1. The molecular weight excluding hydrogens is 290 g/mol. The van der Waals surface area contributed by atoms with Crippen LogP contribution in [0.5, 0.6) is 0 Å². The number of hydrogen-bond donors (Lipinski definition) is 2. The maximum absolute atomic E-state index is 12.9. The summed E-state index contributed by atoms with van der Waals surface area (Å²) in [7, 11) is 0. The van der Waals surface area contributed by atoms with Crippen LogP contribution in [-0.2, 0) is 0 Å². The fourth-order valence-corrected chi connectivity index (χ4v) is 3.06. The molecule has 0 fully saturated rings. The van der Waals surface area contributed by atoms with Crippen LogP contribution in [0.15, 0.2) is 11.6 Å². The van der Waals surface area contributed by atoms with E-state index in [0.717, 1.165) is 6.08 Å². The number of allylic oxidation sites excluding steroid dienone is 1. The fourth-order valence-electron chi connectivity index (χ4n) is 3.06. The lowest BCUT2D eigenvalue weighted by atomic mass is 9.61. The molecule has 0 unspecified atom stereocenters. The Bertz CT molecular complexity index is 393. The second kappa shape index (κ2) is 4.62. The van der Waals surface area contributed by atoms with E-state index in [4.69, 9.17) is 0 Å². The molecule has 0 amide bonds. The smallest absolute Gasteiger partial charge is 0.389 e. The van der Waals surface area contributed by atoms with E-state index in [2.05, 4.69) is 0 Å². The molecule has 0 radical (unpaired) electrons. The first-order chi connectivity index (χ1) is 8.64. The van der Waals surface area contributed by atoms with Crippen molar-refractivity contribution in [3.8, 4) is 0 Å². The van der Waals surface area contributed by atoms with Crippen LogP contribution in [-0.4, -0.2) is 34.3 Å². The third kappa shape index (κ3) is 2.55. The minimum absolute atomic E-state index is 0.0802. The van der Waals surface area contributed by atoms with E-state index in [0.29, 0.717) is 5.57 Å². The molecule has 0 aromatic heterocycles.